The molecule has 0 saturated carbocycles. The number of nitrogens with zero attached hydrogens (tertiary/aromatic N) is 5. The summed E-state index contributed by atoms with van der Waals surface area (Å²) >= 11 is 0. The highest BCUT2D eigenvalue weighted by Crippen LogP contribution is 2.33. The first-order valence-electron chi connectivity index (χ1n) is 11.0. The normalized spacial score (nSPS) is 15.7. The summed E-state index contributed by atoms with van der Waals surface area (Å²) in [5, 5.41) is 7.26. The van der Waals surface area contributed by atoms with E-state index < -0.39 is 21.1 Å². The predicted octanol–water partition coefficient (Wildman–Crippen LogP) is 2.69. The molecule has 1 fully saturated rings. The Morgan fingerprint density at radius 3 is 2.59 bits per heavy atom. The van der Waals surface area contributed by atoms with Gasteiger partial charge in [-0.15, -0.1) is 0 Å². The number of halogens is 1. The van der Waals surface area contributed by atoms with Crippen LogP contribution in [0.5, 0.6) is 0 Å². The minimum absolute atomic E-state index is 0.0182. The quantitative estimate of drug-likeness (QED) is 0.491. The zero-order valence-electron chi connectivity index (χ0n) is 19.3. The predicted molar refractivity (Wildman–Crippen MR) is 128 cm³/mol. The number of hydrogen-bond acceptors (Lipinski definition) is 8. The van der Waals surface area contributed by atoms with Crippen molar-refractivity contribution in [3.8, 4) is 5.69 Å². The van der Waals surface area contributed by atoms with Crippen LogP contribution in [0.1, 0.15) is 18.4 Å². The van der Waals surface area contributed by atoms with E-state index in [1.165, 1.54) is 12.6 Å². The third-order valence-electron chi connectivity index (χ3n) is 6.01. The minimum Gasteiger partial charge on any atom is -0.381 e. The maximum atomic E-state index is 15.3. The van der Waals surface area contributed by atoms with Crippen LogP contribution < -0.4 is 10.2 Å². The Labute approximate surface area is 198 Å². The van der Waals surface area contributed by atoms with Crippen molar-refractivity contribution in [2.45, 2.75) is 19.4 Å². The highest BCUT2D eigenvalue weighted by molar-refractivity contribution is 7.90. The fourth-order valence-corrected chi connectivity index (χ4v) is 5.78. The van der Waals surface area contributed by atoms with Gasteiger partial charge < -0.3 is 15.0 Å². The second kappa shape index (κ2) is 10.1. The topological polar surface area (TPSA) is 102 Å². The number of ether oxygens (including phenoxy) is 1. The van der Waals surface area contributed by atoms with Crippen molar-refractivity contribution in [3.63, 3.8) is 0 Å². The number of aromatic nitrogens is 4. The van der Waals surface area contributed by atoms with Crippen LogP contribution in [0.15, 0.2) is 49.1 Å². The SMILES string of the molecule is CN(Cc1ccc(-n2cccn2)cc1)c1ncnc(NCC2(CS(C)(=O)=O)CCOCC2)c1F. The lowest BCUT2D eigenvalue weighted by Crippen LogP contribution is -2.41. The van der Waals surface area contributed by atoms with E-state index in [0.29, 0.717) is 32.6 Å². The minimum atomic E-state index is -3.21. The summed E-state index contributed by atoms with van der Waals surface area (Å²) < 4.78 is 46.5. The largest absolute Gasteiger partial charge is 0.381 e. The van der Waals surface area contributed by atoms with Crippen molar-refractivity contribution < 1.29 is 17.5 Å². The Morgan fingerprint density at radius 2 is 1.94 bits per heavy atom. The van der Waals surface area contributed by atoms with Crippen LogP contribution in [0.25, 0.3) is 5.69 Å². The van der Waals surface area contributed by atoms with Gasteiger partial charge >= 0.3 is 0 Å². The van der Waals surface area contributed by atoms with Crippen LogP contribution in [-0.2, 0) is 21.1 Å². The van der Waals surface area contributed by atoms with E-state index in [4.69, 9.17) is 4.74 Å². The van der Waals surface area contributed by atoms with Gasteiger partial charge in [-0.3, -0.25) is 0 Å². The van der Waals surface area contributed by atoms with Gasteiger partial charge in [-0.2, -0.15) is 9.49 Å². The molecule has 0 spiro atoms. The first-order valence-corrected chi connectivity index (χ1v) is 13.1. The fraction of sp³-hybridized carbons (Fsp3) is 0.435. The molecule has 0 bridgehead atoms. The molecular formula is C23H29FN6O3S. The molecule has 0 radical (unpaired) electrons. The van der Waals surface area contributed by atoms with Crippen molar-refractivity contribution in [3.05, 3.63) is 60.4 Å². The van der Waals surface area contributed by atoms with E-state index in [0.717, 1.165) is 11.3 Å². The van der Waals surface area contributed by atoms with Crippen molar-refractivity contribution in [1.82, 2.24) is 19.7 Å². The number of hydrogen-bond donors (Lipinski definition) is 1. The highest BCUT2D eigenvalue weighted by Gasteiger charge is 2.36. The first kappa shape index (κ1) is 24.1. The number of benzene rings is 1. The Morgan fingerprint density at radius 1 is 1.21 bits per heavy atom. The van der Waals surface area contributed by atoms with Crippen molar-refractivity contribution in [1.29, 1.82) is 0 Å². The molecule has 3 aromatic rings. The average molecular weight is 489 g/mol. The van der Waals surface area contributed by atoms with Crippen LogP contribution in [0.3, 0.4) is 0 Å². The zero-order chi connectivity index (χ0) is 24.2. The number of anilines is 2. The van der Waals surface area contributed by atoms with Crippen molar-refractivity contribution in [2.24, 2.45) is 5.41 Å². The van der Waals surface area contributed by atoms with Crippen LogP contribution >= 0.6 is 0 Å². The third-order valence-corrected chi connectivity index (χ3v) is 7.15. The molecule has 1 aliphatic rings. The van der Waals surface area contributed by atoms with Gasteiger partial charge in [0.25, 0.3) is 0 Å². The van der Waals surface area contributed by atoms with Crippen LogP contribution in [0, 0.1) is 11.2 Å². The molecular weight excluding hydrogens is 459 g/mol. The summed E-state index contributed by atoms with van der Waals surface area (Å²) in [6.07, 6.45) is 7.29. The lowest BCUT2D eigenvalue weighted by molar-refractivity contribution is 0.0314. The van der Waals surface area contributed by atoms with E-state index in [1.54, 1.807) is 22.8 Å². The second-order valence-electron chi connectivity index (χ2n) is 8.87. The third kappa shape index (κ3) is 5.89. The fourth-order valence-electron chi connectivity index (χ4n) is 4.28. The summed E-state index contributed by atoms with van der Waals surface area (Å²) in [6.45, 7) is 1.70. The highest BCUT2D eigenvalue weighted by atomic mass is 32.2. The van der Waals surface area contributed by atoms with Gasteiger partial charge in [0, 0.05) is 57.4 Å². The van der Waals surface area contributed by atoms with Crippen LogP contribution in [0.4, 0.5) is 16.0 Å². The summed E-state index contributed by atoms with van der Waals surface area (Å²) in [5.74, 6) is -0.326. The molecule has 34 heavy (non-hydrogen) atoms. The molecule has 9 nitrogen and oxygen atoms in total. The van der Waals surface area contributed by atoms with Crippen molar-refractivity contribution in [2.75, 3.05) is 49.0 Å². The molecule has 0 atom stereocenters. The van der Waals surface area contributed by atoms with Gasteiger partial charge in [0.05, 0.1) is 11.4 Å². The molecule has 11 heteroatoms. The molecule has 1 saturated heterocycles. The smallest absolute Gasteiger partial charge is 0.207 e. The van der Waals surface area contributed by atoms with E-state index >= 15 is 4.39 Å². The van der Waals surface area contributed by atoms with Gasteiger partial charge in [-0.25, -0.2) is 23.1 Å². The Balaban J connectivity index is 1.45. The number of nitrogens with one attached hydrogen (secondary N) is 1. The number of rotatable bonds is 9. The summed E-state index contributed by atoms with van der Waals surface area (Å²) in [4.78, 5) is 9.91. The zero-order valence-corrected chi connectivity index (χ0v) is 20.1. The van der Waals surface area contributed by atoms with E-state index in [2.05, 4.69) is 20.4 Å². The molecule has 0 unspecified atom stereocenters. The standard InChI is InChI=1S/C23H29FN6O3S/c1-29(14-18-4-6-19(7-5-18)30-11-3-10-28-30)22-20(24)21(26-17-27-22)25-15-23(16-34(2,31)32)8-12-33-13-9-23/h3-7,10-11,17H,8-9,12-16H2,1-2H3,(H,25,26,27). The summed E-state index contributed by atoms with van der Waals surface area (Å²) in [7, 11) is -1.44. The molecule has 1 aromatic carbocycles. The summed E-state index contributed by atoms with van der Waals surface area (Å²) in [5.41, 5.74) is 1.40. The monoisotopic (exact) mass is 488 g/mol. The number of sulfone groups is 1. The maximum absolute atomic E-state index is 15.3. The summed E-state index contributed by atoms with van der Waals surface area (Å²) in [6, 6.07) is 9.69. The van der Waals surface area contributed by atoms with Gasteiger partial charge in [-0.05, 0) is 36.6 Å². The molecule has 182 valence electrons. The molecule has 2 aromatic heterocycles. The van der Waals surface area contributed by atoms with Crippen molar-refractivity contribution >= 4 is 21.5 Å². The van der Waals surface area contributed by atoms with Gasteiger partial charge in [0.2, 0.25) is 5.82 Å². The lowest BCUT2D eigenvalue weighted by Gasteiger charge is -2.36. The Bertz CT molecular complexity index is 1200. The maximum Gasteiger partial charge on any atom is 0.207 e. The van der Waals surface area contributed by atoms with Gasteiger partial charge in [0.15, 0.2) is 11.6 Å². The molecule has 3 heterocycles. The average Bonchev–Trinajstić information content (AvgIpc) is 3.33. The van der Waals surface area contributed by atoms with E-state index in [-0.39, 0.29) is 23.9 Å². The van der Waals surface area contributed by atoms with E-state index in [9.17, 15) is 8.42 Å². The second-order valence-corrected chi connectivity index (χ2v) is 11.0. The Hall–Kier alpha value is -3.05. The molecule has 4 rings (SSSR count). The molecule has 0 amide bonds. The Kier molecular flexibility index (Phi) is 7.13. The molecule has 1 N–H and O–H groups in total. The van der Waals surface area contributed by atoms with Crippen LogP contribution in [0.2, 0.25) is 0 Å². The van der Waals surface area contributed by atoms with Gasteiger partial charge in [-0.1, -0.05) is 12.1 Å². The molecule has 0 aliphatic carbocycles. The first-order chi connectivity index (χ1) is 16.2. The molecule has 1 aliphatic heterocycles. The van der Waals surface area contributed by atoms with Crippen LogP contribution in [-0.4, -0.2) is 67.0 Å². The van der Waals surface area contributed by atoms with Gasteiger partial charge in [0.1, 0.15) is 16.2 Å². The lowest BCUT2D eigenvalue weighted by atomic mass is 9.82. The van der Waals surface area contributed by atoms with E-state index in [1.807, 2.05) is 36.5 Å².